The maximum Gasteiger partial charge on any atom is 0.248 e. The topological polar surface area (TPSA) is 49.4 Å². The first-order valence-corrected chi connectivity index (χ1v) is 6.27. The van der Waals surface area contributed by atoms with Crippen LogP contribution < -0.4 is 5.32 Å². The first-order chi connectivity index (χ1) is 8.09. The quantitative estimate of drug-likeness (QED) is 0.785. The van der Waals surface area contributed by atoms with Crippen LogP contribution in [0.5, 0.6) is 0 Å². The summed E-state index contributed by atoms with van der Waals surface area (Å²) in [7, 11) is 0. The maximum absolute atomic E-state index is 12.5. The molecule has 5 heteroatoms. The molecule has 96 valence electrons. The van der Waals surface area contributed by atoms with Crippen LogP contribution in [-0.2, 0) is 9.59 Å². The van der Waals surface area contributed by atoms with Crippen molar-refractivity contribution in [2.24, 2.45) is 0 Å². The molecule has 1 saturated heterocycles. The van der Waals surface area contributed by atoms with E-state index >= 15 is 0 Å². The average molecular weight is 242 g/mol. The number of carbonyl (C=O) groups excluding carboxylic acids is 2. The summed E-state index contributed by atoms with van der Waals surface area (Å²) in [6, 6.07) is -0.210. The van der Waals surface area contributed by atoms with E-state index in [1.165, 1.54) is 4.90 Å². The van der Waals surface area contributed by atoms with Crippen molar-refractivity contribution in [3.63, 3.8) is 0 Å². The van der Waals surface area contributed by atoms with Crippen molar-refractivity contribution in [3.8, 4) is 0 Å². The van der Waals surface area contributed by atoms with Crippen LogP contribution in [0.2, 0.25) is 0 Å². The third-order valence-electron chi connectivity index (χ3n) is 3.84. The highest BCUT2D eigenvalue weighted by Gasteiger charge is 2.47. The number of halogens is 1. The Morgan fingerprint density at radius 2 is 2.06 bits per heavy atom. The highest BCUT2D eigenvalue weighted by Crippen LogP contribution is 2.33. The lowest BCUT2D eigenvalue weighted by Crippen LogP contribution is -2.56. The Morgan fingerprint density at radius 1 is 1.41 bits per heavy atom. The van der Waals surface area contributed by atoms with E-state index in [1.807, 2.05) is 0 Å². The summed E-state index contributed by atoms with van der Waals surface area (Å²) in [4.78, 5) is 25.8. The Morgan fingerprint density at radius 3 is 2.65 bits per heavy atom. The molecule has 1 heterocycles. The fraction of sp³-hybridized carbons (Fsp3) is 0.833. The summed E-state index contributed by atoms with van der Waals surface area (Å²) in [5.41, 5.74) is -0.739. The Kier molecular flexibility index (Phi) is 3.35. The van der Waals surface area contributed by atoms with Crippen LogP contribution in [0, 0.1) is 0 Å². The number of alkyl halides is 1. The van der Waals surface area contributed by atoms with Gasteiger partial charge in [-0.25, -0.2) is 4.39 Å². The van der Waals surface area contributed by atoms with Gasteiger partial charge < -0.3 is 10.2 Å². The second kappa shape index (κ2) is 4.63. The SMILES string of the molecule is CC1CC(=O)NC2(CCCC2)C(=O)N1CCF. The smallest absolute Gasteiger partial charge is 0.248 e. The molecule has 1 aliphatic carbocycles. The standard InChI is InChI=1S/C12H19FN2O2/c1-9-8-10(16)14-12(4-2-3-5-12)11(17)15(9)7-6-13/h9H,2-8H2,1H3,(H,14,16). The van der Waals surface area contributed by atoms with Crippen molar-refractivity contribution in [1.82, 2.24) is 10.2 Å². The van der Waals surface area contributed by atoms with Gasteiger partial charge in [0.05, 0.1) is 0 Å². The fourth-order valence-corrected chi connectivity index (χ4v) is 2.96. The highest BCUT2D eigenvalue weighted by molar-refractivity contribution is 5.94. The lowest BCUT2D eigenvalue weighted by Gasteiger charge is -2.33. The average Bonchev–Trinajstić information content (AvgIpc) is 2.70. The van der Waals surface area contributed by atoms with Crippen molar-refractivity contribution in [3.05, 3.63) is 0 Å². The molecule has 0 radical (unpaired) electrons. The van der Waals surface area contributed by atoms with E-state index in [0.717, 1.165) is 12.8 Å². The first kappa shape index (κ1) is 12.3. The lowest BCUT2D eigenvalue weighted by molar-refractivity contribution is -0.140. The van der Waals surface area contributed by atoms with Gasteiger partial charge in [0.1, 0.15) is 12.2 Å². The summed E-state index contributed by atoms with van der Waals surface area (Å²) in [5.74, 6) is -0.180. The molecule has 2 aliphatic rings. The van der Waals surface area contributed by atoms with Gasteiger partial charge in [0.25, 0.3) is 0 Å². The predicted molar refractivity (Wildman–Crippen MR) is 61.1 cm³/mol. The Hall–Kier alpha value is -1.13. The van der Waals surface area contributed by atoms with Gasteiger partial charge in [-0.2, -0.15) is 0 Å². The van der Waals surface area contributed by atoms with Crippen LogP contribution in [0.3, 0.4) is 0 Å². The Balaban J connectivity index is 2.27. The summed E-state index contributed by atoms with van der Waals surface area (Å²) < 4.78 is 12.5. The number of nitrogens with one attached hydrogen (secondary N) is 1. The van der Waals surface area contributed by atoms with Crippen molar-refractivity contribution in [2.75, 3.05) is 13.2 Å². The van der Waals surface area contributed by atoms with E-state index in [2.05, 4.69) is 5.32 Å². The first-order valence-electron chi connectivity index (χ1n) is 6.27. The van der Waals surface area contributed by atoms with Gasteiger partial charge in [0.15, 0.2) is 0 Å². The van der Waals surface area contributed by atoms with E-state index in [0.29, 0.717) is 12.8 Å². The van der Waals surface area contributed by atoms with Crippen molar-refractivity contribution >= 4 is 11.8 Å². The third-order valence-corrected chi connectivity index (χ3v) is 3.84. The molecule has 0 aromatic carbocycles. The molecule has 1 unspecified atom stereocenters. The zero-order chi connectivity index (χ0) is 12.5. The van der Waals surface area contributed by atoms with Crippen LogP contribution in [0.1, 0.15) is 39.0 Å². The van der Waals surface area contributed by atoms with E-state index in [-0.39, 0.29) is 30.8 Å². The number of nitrogens with zero attached hydrogens (tertiary/aromatic N) is 1. The zero-order valence-electron chi connectivity index (χ0n) is 10.2. The monoisotopic (exact) mass is 242 g/mol. The molecule has 4 nitrogen and oxygen atoms in total. The lowest BCUT2D eigenvalue weighted by atomic mass is 9.95. The molecule has 0 aromatic rings. The minimum atomic E-state index is -0.739. The van der Waals surface area contributed by atoms with Crippen molar-refractivity contribution in [2.45, 2.75) is 50.6 Å². The van der Waals surface area contributed by atoms with Gasteiger partial charge in [0.2, 0.25) is 11.8 Å². The maximum atomic E-state index is 12.5. The number of hydrogen-bond donors (Lipinski definition) is 1. The second-order valence-corrected chi connectivity index (χ2v) is 5.08. The predicted octanol–water partition coefficient (Wildman–Crippen LogP) is 1.01. The van der Waals surface area contributed by atoms with Crippen LogP contribution >= 0.6 is 0 Å². The summed E-state index contributed by atoms with van der Waals surface area (Å²) in [6.45, 7) is 1.35. The Labute approximate surface area is 101 Å². The molecular formula is C12H19FN2O2. The number of carbonyl (C=O) groups is 2. The molecule has 2 amide bonds. The molecule has 2 rings (SSSR count). The molecule has 2 fully saturated rings. The number of rotatable bonds is 2. The largest absolute Gasteiger partial charge is 0.342 e. The van der Waals surface area contributed by atoms with E-state index in [9.17, 15) is 14.0 Å². The molecule has 1 aliphatic heterocycles. The molecule has 1 atom stereocenters. The molecule has 1 N–H and O–H groups in total. The minimum Gasteiger partial charge on any atom is -0.342 e. The molecule has 1 spiro atoms. The normalized spacial score (nSPS) is 28.4. The summed E-state index contributed by atoms with van der Waals surface area (Å²) in [5, 5.41) is 2.87. The highest BCUT2D eigenvalue weighted by atomic mass is 19.1. The van der Waals surface area contributed by atoms with Gasteiger partial charge in [-0.1, -0.05) is 12.8 Å². The molecular weight excluding hydrogens is 223 g/mol. The second-order valence-electron chi connectivity index (χ2n) is 5.08. The third kappa shape index (κ3) is 2.15. The van der Waals surface area contributed by atoms with Crippen LogP contribution in [-0.4, -0.2) is 41.5 Å². The molecule has 17 heavy (non-hydrogen) atoms. The van der Waals surface area contributed by atoms with E-state index in [1.54, 1.807) is 6.92 Å². The van der Waals surface area contributed by atoms with Gasteiger partial charge in [-0.3, -0.25) is 9.59 Å². The van der Waals surface area contributed by atoms with Crippen LogP contribution in [0.15, 0.2) is 0 Å². The van der Waals surface area contributed by atoms with Crippen LogP contribution in [0.25, 0.3) is 0 Å². The van der Waals surface area contributed by atoms with E-state index < -0.39 is 12.2 Å². The molecule has 0 aromatic heterocycles. The molecule has 1 saturated carbocycles. The van der Waals surface area contributed by atoms with Gasteiger partial charge in [-0.05, 0) is 19.8 Å². The Bertz CT molecular complexity index is 326. The minimum absolute atomic E-state index is 0.0888. The molecule has 0 bridgehead atoms. The van der Waals surface area contributed by atoms with Gasteiger partial charge in [-0.15, -0.1) is 0 Å². The number of amides is 2. The summed E-state index contributed by atoms with van der Waals surface area (Å²) in [6.07, 6.45) is 3.54. The van der Waals surface area contributed by atoms with Gasteiger partial charge in [0, 0.05) is 19.0 Å². The number of hydrogen-bond acceptors (Lipinski definition) is 2. The van der Waals surface area contributed by atoms with Crippen LogP contribution in [0.4, 0.5) is 4.39 Å². The summed E-state index contributed by atoms with van der Waals surface area (Å²) >= 11 is 0. The van der Waals surface area contributed by atoms with Crippen molar-refractivity contribution < 1.29 is 14.0 Å². The fourth-order valence-electron chi connectivity index (χ4n) is 2.96. The zero-order valence-corrected chi connectivity index (χ0v) is 10.2. The van der Waals surface area contributed by atoms with E-state index in [4.69, 9.17) is 0 Å². The van der Waals surface area contributed by atoms with Crippen molar-refractivity contribution in [1.29, 1.82) is 0 Å². The van der Waals surface area contributed by atoms with Gasteiger partial charge >= 0.3 is 0 Å².